The number of nitrogens with zero attached hydrogens (tertiary/aromatic N) is 2. The summed E-state index contributed by atoms with van der Waals surface area (Å²) in [6.07, 6.45) is 1.82. The maximum atomic E-state index is 9.50. The Hall–Kier alpha value is -2.29. The van der Waals surface area contributed by atoms with Gasteiger partial charge in [0.2, 0.25) is 0 Å². The molecule has 2 aromatic carbocycles. The minimum Gasteiger partial charge on any atom is -0.508 e. The molecule has 0 unspecified atom stereocenters. The highest BCUT2D eigenvalue weighted by atomic mass is 16.3. The molecule has 0 bridgehead atoms. The summed E-state index contributed by atoms with van der Waals surface area (Å²) in [5.74, 6) is 0.271. The van der Waals surface area contributed by atoms with Crippen LogP contribution in [0.2, 0.25) is 0 Å². The number of phenolic OH excluding ortho intramolecular Hbond substituents is 1. The van der Waals surface area contributed by atoms with Crippen molar-refractivity contribution >= 4 is 10.9 Å². The maximum absolute atomic E-state index is 9.50. The summed E-state index contributed by atoms with van der Waals surface area (Å²) in [5, 5.41) is 14.9. The zero-order chi connectivity index (χ0) is 11.7. The lowest BCUT2D eigenvalue weighted by molar-refractivity contribution is 0.475. The number of aromatic nitrogens is 2. The molecule has 3 nitrogen and oxygen atoms in total. The number of hydrogen-bond acceptors (Lipinski definition) is 2. The molecular weight excluding hydrogens is 212 g/mol. The molecule has 0 saturated carbocycles. The highest BCUT2D eigenvalue weighted by molar-refractivity contribution is 5.80. The highest BCUT2D eigenvalue weighted by Gasteiger charge is 2.03. The average Bonchev–Trinajstić information content (AvgIpc) is 2.73. The molecule has 0 fully saturated rings. The summed E-state index contributed by atoms with van der Waals surface area (Å²) in [4.78, 5) is 0. The third-order valence-electron chi connectivity index (χ3n) is 2.80. The summed E-state index contributed by atoms with van der Waals surface area (Å²) < 4.78 is 1.89. The molecule has 0 aliphatic carbocycles. The van der Waals surface area contributed by atoms with Crippen LogP contribution < -0.4 is 0 Å². The zero-order valence-electron chi connectivity index (χ0n) is 9.24. The lowest BCUT2D eigenvalue weighted by Crippen LogP contribution is -2.00. The molecule has 1 heterocycles. The second-order valence-corrected chi connectivity index (χ2v) is 4.03. The standard InChI is InChI=1S/C14H12N2O/c17-13-7-6-12-9-15-16(14(12)8-13)10-11-4-2-1-3-5-11/h1-9,17H,10H2. The second-order valence-electron chi connectivity index (χ2n) is 4.03. The molecule has 0 saturated heterocycles. The molecule has 17 heavy (non-hydrogen) atoms. The Balaban J connectivity index is 2.03. The predicted octanol–water partition coefficient (Wildman–Crippen LogP) is 2.79. The van der Waals surface area contributed by atoms with Gasteiger partial charge in [-0.15, -0.1) is 0 Å². The fourth-order valence-corrected chi connectivity index (χ4v) is 1.94. The van der Waals surface area contributed by atoms with Crippen molar-refractivity contribution in [1.82, 2.24) is 9.78 Å². The summed E-state index contributed by atoms with van der Waals surface area (Å²) in [6, 6.07) is 15.4. The first-order valence-corrected chi connectivity index (χ1v) is 5.51. The van der Waals surface area contributed by atoms with Crippen molar-refractivity contribution < 1.29 is 5.11 Å². The minimum atomic E-state index is 0.271. The molecule has 3 heteroatoms. The zero-order valence-corrected chi connectivity index (χ0v) is 9.24. The molecule has 0 radical (unpaired) electrons. The first-order chi connectivity index (χ1) is 8.33. The first kappa shape index (κ1) is 9.90. The summed E-state index contributed by atoms with van der Waals surface area (Å²) in [6.45, 7) is 0.716. The van der Waals surface area contributed by atoms with E-state index in [1.165, 1.54) is 5.56 Å². The lowest BCUT2D eigenvalue weighted by Gasteiger charge is -2.03. The van der Waals surface area contributed by atoms with E-state index < -0.39 is 0 Å². The SMILES string of the molecule is Oc1ccc2cnn(Cc3ccccc3)c2c1. The Morgan fingerprint density at radius 3 is 2.71 bits per heavy atom. The highest BCUT2D eigenvalue weighted by Crippen LogP contribution is 2.20. The van der Waals surface area contributed by atoms with Gasteiger partial charge >= 0.3 is 0 Å². The topological polar surface area (TPSA) is 38.1 Å². The van der Waals surface area contributed by atoms with Crippen molar-refractivity contribution in [2.24, 2.45) is 0 Å². The summed E-state index contributed by atoms with van der Waals surface area (Å²) >= 11 is 0. The fourth-order valence-electron chi connectivity index (χ4n) is 1.94. The van der Waals surface area contributed by atoms with Crippen LogP contribution >= 0.6 is 0 Å². The molecule has 84 valence electrons. The summed E-state index contributed by atoms with van der Waals surface area (Å²) in [5.41, 5.74) is 2.15. The third-order valence-corrected chi connectivity index (χ3v) is 2.80. The number of phenols is 1. The maximum Gasteiger partial charge on any atom is 0.117 e. The molecule has 0 spiro atoms. The minimum absolute atomic E-state index is 0.271. The molecule has 0 aliphatic rings. The van der Waals surface area contributed by atoms with Gasteiger partial charge in [0.25, 0.3) is 0 Å². The quantitative estimate of drug-likeness (QED) is 0.726. The van der Waals surface area contributed by atoms with Crippen molar-refractivity contribution in [3.63, 3.8) is 0 Å². The van der Waals surface area contributed by atoms with Gasteiger partial charge < -0.3 is 5.11 Å². The number of rotatable bonds is 2. The third kappa shape index (κ3) is 1.87. The molecule has 3 aromatic rings. The van der Waals surface area contributed by atoms with Gasteiger partial charge in [-0.25, -0.2) is 0 Å². The van der Waals surface area contributed by atoms with Crippen molar-refractivity contribution in [2.45, 2.75) is 6.54 Å². The van der Waals surface area contributed by atoms with Crippen molar-refractivity contribution in [1.29, 1.82) is 0 Å². The van der Waals surface area contributed by atoms with Gasteiger partial charge in [0.15, 0.2) is 0 Å². The van der Waals surface area contributed by atoms with Gasteiger partial charge in [-0.3, -0.25) is 4.68 Å². The fraction of sp³-hybridized carbons (Fsp3) is 0.0714. The molecule has 1 N–H and O–H groups in total. The van der Waals surface area contributed by atoms with E-state index in [1.807, 2.05) is 35.1 Å². The van der Waals surface area contributed by atoms with Crippen LogP contribution in [0.1, 0.15) is 5.56 Å². The monoisotopic (exact) mass is 224 g/mol. The van der Waals surface area contributed by atoms with Gasteiger partial charge in [0.05, 0.1) is 18.3 Å². The van der Waals surface area contributed by atoms with E-state index in [0.29, 0.717) is 6.54 Å². The van der Waals surface area contributed by atoms with Crippen LogP contribution in [0.15, 0.2) is 54.7 Å². The van der Waals surface area contributed by atoms with E-state index in [0.717, 1.165) is 10.9 Å². The molecule has 0 aliphatic heterocycles. The Labute approximate surface area is 98.9 Å². The van der Waals surface area contributed by atoms with Gasteiger partial charge in [0, 0.05) is 11.5 Å². The number of hydrogen-bond donors (Lipinski definition) is 1. The lowest BCUT2D eigenvalue weighted by atomic mass is 10.2. The van der Waals surface area contributed by atoms with E-state index in [9.17, 15) is 5.11 Å². The van der Waals surface area contributed by atoms with Gasteiger partial charge in [-0.2, -0.15) is 5.10 Å². The first-order valence-electron chi connectivity index (χ1n) is 5.51. The Bertz CT molecular complexity index is 644. The predicted molar refractivity (Wildman–Crippen MR) is 66.9 cm³/mol. The average molecular weight is 224 g/mol. The van der Waals surface area contributed by atoms with Crippen molar-refractivity contribution in [3.05, 3.63) is 60.3 Å². The Kier molecular flexibility index (Phi) is 2.29. The van der Waals surface area contributed by atoms with Crippen LogP contribution in [0.5, 0.6) is 5.75 Å². The van der Waals surface area contributed by atoms with Crippen LogP contribution in [0.25, 0.3) is 10.9 Å². The Morgan fingerprint density at radius 1 is 1.06 bits per heavy atom. The molecule has 0 amide bonds. The normalized spacial score (nSPS) is 10.8. The van der Waals surface area contributed by atoms with E-state index >= 15 is 0 Å². The van der Waals surface area contributed by atoms with Crippen LogP contribution in [-0.4, -0.2) is 14.9 Å². The number of aromatic hydroxyl groups is 1. The van der Waals surface area contributed by atoms with Gasteiger partial charge in [-0.1, -0.05) is 30.3 Å². The molecule has 1 aromatic heterocycles. The van der Waals surface area contributed by atoms with E-state index in [4.69, 9.17) is 0 Å². The van der Waals surface area contributed by atoms with Crippen molar-refractivity contribution in [3.8, 4) is 5.75 Å². The van der Waals surface area contributed by atoms with E-state index in [-0.39, 0.29) is 5.75 Å². The molecular formula is C14H12N2O. The number of fused-ring (bicyclic) bond motifs is 1. The smallest absolute Gasteiger partial charge is 0.117 e. The van der Waals surface area contributed by atoms with Crippen LogP contribution in [0.3, 0.4) is 0 Å². The second kappa shape index (κ2) is 3.94. The van der Waals surface area contributed by atoms with Gasteiger partial charge in [0.1, 0.15) is 5.75 Å². The van der Waals surface area contributed by atoms with Crippen LogP contribution in [0.4, 0.5) is 0 Å². The summed E-state index contributed by atoms with van der Waals surface area (Å²) in [7, 11) is 0. The van der Waals surface area contributed by atoms with Crippen LogP contribution in [-0.2, 0) is 6.54 Å². The van der Waals surface area contributed by atoms with Crippen LogP contribution in [0, 0.1) is 0 Å². The Morgan fingerprint density at radius 2 is 1.88 bits per heavy atom. The molecule has 3 rings (SSSR count). The molecule has 0 atom stereocenters. The van der Waals surface area contributed by atoms with Crippen molar-refractivity contribution in [2.75, 3.05) is 0 Å². The van der Waals surface area contributed by atoms with Gasteiger partial charge in [-0.05, 0) is 17.7 Å². The van der Waals surface area contributed by atoms with E-state index in [1.54, 1.807) is 12.1 Å². The largest absolute Gasteiger partial charge is 0.508 e. The number of benzene rings is 2. The van der Waals surface area contributed by atoms with E-state index in [2.05, 4.69) is 17.2 Å².